The van der Waals surface area contributed by atoms with Gasteiger partial charge in [-0.2, -0.15) is 0 Å². The lowest BCUT2D eigenvalue weighted by Crippen LogP contribution is -2.21. The third-order valence-corrected chi connectivity index (χ3v) is 4.58. The molecular formula is C24H26F2N2O6. The van der Waals surface area contributed by atoms with Gasteiger partial charge in [0.05, 0.1) is 12.3 Å². The van der Waals surface area contributed by atoms with Crippen molar-refractivity contribution in [1.82, 2.24) is 5.48 Å². The highest BCUT2D eigenvalue weighted by Gasteiger charge is 2.23. The SMILES string of the molecule is CC(/C=C/[C@@H](C)[C@@H](OC(=O)Nc1ccc(F)cc1F)c1ccc(OCCO)cc1)=C\C(=O)NO. The van der Waals surface area contributed by atoms with Gasteiger partial charge in [-0.1, -0.05) is 31.2 Å². The molecule has 2 rings (SSSR count). The Bertz CT molecular complexity index is 1040. The molecule has 0 saturated heterocycles. The molecular weight excluding hydrogens is 450 g/mol. The zero-order chi connectivity index (χ0) is 25.1. The summed E-state index contributed by atoms with van der Waals surface area (Å²) < 4.78 is 37.9. The molecule has 0 aliphatic heterocycles. The number of nitrogens with one attached hydrogen (secondary N) is 2. The van der Waals surface area contributed by atoms with Gasteiger partial charge in [0.1, 0.15) is 30.1 Å². The Labute approximate surface area is 195 Å². The molecule has 182 valence electrons. The average molecular weight is 476 g/mol. The van der Waals surface area contributed by atoms with Gasteiger partial charge >= 0.3 is 6.09 Å². The molecule has 10 heteroatoms. The lowest BCUT2D eigenvalue weighted by atomic mass is 9.96. The standard InChI is InChI=1S/C24H26F2N2O6/c1-15(13-22(30)28-32)3-4-16(2)23(17-5-8-19(9-6-17)33-12-11-29)34-24(31)27-21-10-7-18(25)14-20(21)26/h3-10,13-14,16,23,29,32H,11-12H2,1-2H3,(H,27,31)(H,28,30)/b4-3+,15-13+/t16-,23-/m1/s1. The number of aliphatic hydroxyl groups is 1. The normalized spacial score (nSPS) is 13.3. The van der Waals surface area contributed by atoms with E-state index in [0.29, 0.717) is 23.0 Å². The summed E-state index contributed by atoms with van der Waals surface area (Å²) in [5, 5.41) is 19.8. The van der Waals surface area contributed by atoms with Crippen LogP contribution in [0.1, 0.15) is 25.5 Å². The number of ether oxygens (including phenoxy) is 2. The Hall–Kier alpha value is -3.76. The molecule has 2 aromatic carbocycles. The molecule has 0 radical (unpaired) electrons. The highest BCUT2D eigenvalue weighted by molar-refractivity contribution is 5.87. The number of carbonyl (C=O) groups is 2. The largest absolute Gasteiger partial charge is 0.491 e. The van der Waals surface area contributed by atoms with Gasteiger partial charge in [0.25, 0.3) is 5.91 Å². The predicted octanol–water partition coefficient (Wildman–Crippen LogP) is 4.27. The van der Waals surface area contributed by atoms with E-state index in [0.717, 1.165) is 12.1 Å². The van der Waals surface area contributed by atoms with Crippen LogP contribution in [0.3, 0.4) is 0 Å². The van der Waals surface area contributed by atoms with Crippen molar-refractivity contribution in [1.29, 1.82) is 0 Å². The summed E-state index contributed by atoms with van der Waals surface area (Å²) >= 11 is 0. The van der Waals surface area contributed by atoms with Crippen LogP contribution in [0.25, 0.3) is 0 Å². The lowest BCUT2D eigenvalue weighted by Gasteiger charge is -2.23. The topological polar surface area (TPSA) is 117 Å². The minimum atomic E-state index is -0.955. The molecule has 0 unspecified atom stereocenters. The van der Waals surface area contributed by atoms with Gasteiger partial charge in [-0.3, -0.25) is 15.3 Å². The van der Waals surface area contributed by atoms with Crippen LogP contribution in [0.15, 0.2) is 66.3 Å². The summed E-state index contributed by atoms with van der Waals surface area (Å²) in [5.74, 6) is -2.33. The molecule has 0 heterocycles. The summed E-state index contributed by atoms with van der Waals surface area (Å²) in [7, 11) is 0. The van der Waals surface area contributed by atoms with Crippen LogP contribution in [-0.2, 0) is 9.53 Å². The molecule has 34 heavy (non-hydrogen) atoms. The first-order chi connectivity index (χ1) is 16.2. The predicted molar refractivity (Wildman–Crippen MR) is 120 cm³/mol. The van der Waals surface area contributed by atoms with Crippen molar-refractivity contribution in [2.75, 3.05) is 18.5 Å². The van der Waals surface area contributed by atoms with Gasteiger partial charge < -0.3 is 14.6 Å². The lowest BCUT2D eigenvalue weighted by molar-refractivity contribution is -0.124. The van der Waals surface area contributed by atoms with Crippen molar-refractivity contribution < 1.29 is 38.2 Å². The molecule has 2 atom stereocenters. The smallest absolute Gasteiger partial charge is 0.412 e. The van der Waals surface area contributed by atoms with Crippen LogP contribution in [0.4, 0.5) is 19.3 Å². The molecule has 0 saturated carbocycles. The van der Waals surface area contributed by atoms with Gasteiger partial charge in [0.2, 0.25) is 0 Å². The number of anilines is 1. The summed E-state index contributed by atoms with van der Waals surface area (Å²) in [6.45, 7) is 3.39. The zero-order valence-corrected chi connectivity index (χ0v) is 18.6. The van der Waals surface area contributed by atoms with Crippen molar-refractivity contribution in [3.8, 4) is 5.75 Å². The molecule has 0 aromatic heterocycles. The second-order valence-corrected chi connectivity index (χ2v) is 7.30. The first-order valence-electron chi connectivity index (χ1n) is 10.3. The third-order valence-electron chi connectivity index (χ3n) is 4.58. The van der Waals surface area contributed by atoms with Gasteiger partial charge in [-0.05, 0) is 42.3 Å². The van der Waals surface area contributed by atoms with E-state index in [1.54, 1.807) is 50.3 Å². The number of hydrogen-bond donors (Lipinski definition) is 4. The van der Waals surface area contributed by atoms with Crippen LogP contribution >= 0.6 is 0 Å². The van der Waals surface area contributed by atoms with Crippen molar-refractivity contribution >= 4 is 17.7 Å². The average Bonchev–Trinajstić information content (AvgIpc) is 2.81. The summed E-state index contributed by atoms with van der Waals surface area (Å²) in [5.41, 5.74) is 2.39. The summed E-state index contributed by atoms with van der Waals surface area (Å²) in [4.78, 5) is 23.8. The number of hydroxylamine groups is 1. The highest BCUT2D eigenvalue weighted by Crippen LogP contribution is 2.30. The first-order valence-corrected chi connectivity index (χ1v) is 10.3. The fourth-order valence-corrected chi connectivity index (χ4v) is 2.93. The monoisotopic (exact) mass is 476 g/mol. The molecule has 4 N–H and O–H groups in total. The number of carbonyl (C=O) groups excluding carboxylic acids is 2. The van der Waals surface area contributed by atoms with Gasteiger partial charge in [0.15, 0.2) is 0 Å². The van der Waals surface area contributed by atoms with Crippen LogP contribution in [-0.4, -0.2) is 35.5 Å². The molecule has 0 aliphatic rings. The Morgan fingerprint density at radius 2 is 1.85 bits per heavy atom. The second-order valence-electron chi connectivity index (χ2n) is 7.30. The second kappa shape index (κ2) is 13.1. The minimum absolute atomic E-state index is 0.122. The maximum atomic E-state index is 13.9. The number of amides is 2. The number of hydrogen-bond acceptors (Lipinski definition) is 6. The van der Waals surface area contributed by atoms with E-state index in [9.17, 15) is 18.4 Å². The molecule has 0 spiro atoms. The van der Waals surface area contributed by atoms with E-state index in [2.05, 4.69) is 5.32 Å². The molecule has 0 fully saturated rings. The fraction of sp³-hybridized carbons (Fsp3) is 0.250. The van der Waals surface area contributed by atoms with E-state index < -0.39 is 35.7 Å². The third kappa shape index (κ3) is 8.30. The van der Waals surface area contributed by atoms with Crippen LogP contribution < -0.4 is 15.5 Å². The van der Waals surface area contributed by atoms with E-state index in [1.165, 1.54) is 11.6 Å². The number of rotatable bonds is 10. The van der Waals surface area contributed by atoms with Crippen molar-refractivity contribution in [3.63, 3.8) is 0 Å². The number of halogens is 2. The molecule has 2 amide bonds. The number of aliphatic hydroxyl groups excluding tert-OH is 1. The first kappa shape index (κ1) is 26.5. The number of benzene rings is 2. The summed E-state index contributed by atoms with van der Waals surface area (Å²) in [6, 6.07) is 9.37. The minimum Gasteiger partial charge on any atom is -0.491 e. The van der Waals surface area contributed by atoms with Crippen molar-refractivity contribution in [2.24, 2.45) is 5.92 Å². The molecule has 8 nitrogen and oxygen atoms in total. The van der Waals surface area contributed by atoms with E-state index in [1.807, 2.05) is 0 Å². The molecule has 2 aromatic rings. The van der Waals surface area contributed by atoms with E-state index in [4.69, 9.17) is 19.8 Å². The van der Waals surface area contributed by atoms with Gasteiger partial charge in [-0.25, -0.2) is 19.1 Å². The maximum absolute atomic E-state index is 13.9. The zero-order valence-electron chi connectivity index (χ0n) is 18.6. The highest BCUT2D eigenvalue weighted by atomic mass is 19.1. The molecule has 0 aliphatic carbocycles. The van der Waals surface area contributed by atoms with Crippen molar-refractivity contribution in [3.05, 3.63) is 83.5 Å². The van der Waals surface area contributed by atoms with E-state index in [-0.39, 0.29) is 18.9 Å². The van der Waals surface area contributed by atoms with Crippen LogP contribution in [0, 0.1) is 17.6 Å². The molecule has 0 bridgehead atoms. The Balaban J connectivity index is 2.24. The maximum Gasteiger partial charge on any atom is 0.412 e. The Morgan fingerprint density at radius 1 is 1.15 bits per heavy atom. The van der Waals surface area contributed by atoms with Crippen molar-refractivity contribution in [2.45, 2.75) is 20.0 Å². The Morgan fingerprint density at radius 3 is 2.47 bits per heavy atom. The van der Waals surface area contributed by atoms with Gasteiger partial charge in [-0.15, -0.1) is 0 Å². The Kier molecular flexibility index (Phi) is 10.2. The summed E-state index contributed by atoms with van der Waals surface area (Å²) in [6.07, 6.45) is 2.71. The van der Waals surface area contributed by atoms with E-state index >= 15 is 0 Å². The van der Waals surface area contributed by atoms with Crippen LogP contribution in [0.5, 0.6) is 5.75 Å². The fourth-order valence-electron chi connectivity index (χ4n) is 2.93. The number of allylic oxidation sites excluding steroid dienone is 2. The quantitative estimate of drug-likeness (QED) is 0.176. The van der Waals surface area contributed by atoms with Crippen LogP contribution in [0.2, 0.25) is 0 Å². The van der Waals surface area contributed by atoms with Gasteiger partial charge in [0, 0.05) is 18.1 Å².